The molecule has 6 heteroatoms. The van der Waals surface area contributed by atoms with Gasteiger partial charge in [0.15, 0.2) is 0 Å². The van der Waals surface area contributed by atoms with Gasteiger partial charge in [-0.25, -0.2) is 4.79 Å². The van der Waals surface area contributed by atoms with Crippen LogP contribution >= 0.6 is 11.6 Å². The summed E-state index contributed by atoms with van der Waals surface area (Å²) >= 11 is 5.98. The summed E-state index contributed by atoms with van der Waals surface area (Å²) in [7, 11) is 4.04. The number of ether oxygens (including phenoxy) is 1. The minimum Gasteiger partial charge on any atom is -0.465 e. The molecule has 1 aromatic rings. The van der Waals surface area contributed by atoms with Gasteiger partial charge >= 0.3 is 6.09 Å². The van der Waals surface area contributed by atoms with Crippen molar-refractivity contribution in [2.24, 2.45) is 5.92 Å². The van der Waals surface area contributed by atoms with Crippen LogP contribution in [0.3, 0.4) is 0 Å². The van der Waals surface area contributed by atoms with Gasteiger partial charge < -0.3 is 19.6 Å². The molecule has 1 aromatic carbocycles. The van der Waals surface area contributed by atoms with Gasteiger partial charge in [0.05, 0.1) is 12.7 Å². The molecule has 1 atom stereocenters. The molecule has 0 aliphatic carbocycles. The van der Waals surface area contributed by atoms with Crippen LogP contribution in [0.15, 0.2) is 24.3 Å². The number of carboxylic acid groups (broad SMARTS) is 1. The van der Waals surface area contributed by atoms with Gasteiger partial charge in [0, 0.05) is 24.7 Å². The van der Waals surface area contributed by atoms with Crippen LogP contribution in [-0.2, 0) is 4.74 Å². The molecule has 1 N–H and O–H groups in total. The molecule has 1 aliphatic heterocycles. The Morgan fingerprint density at radius 1 is 1.35 bits per heavy atom. The molecule has 0 aromatic heterocycles. The molecule has 1 amide bonds. The van der Waals surface area contributed by atoms with Crippen molar-refractivity contribution in [3.05, 3.63) is 34.9 Å². The molecular weight excluding hydrogens is 316 g/mol. The highest BCUT2D eigenvalue weighted by Gasteiger charge is 2.30. The van der Waals surface area contributed by atoms with E-state index in [-0.39, 0.29) is 6.10 Å². The van der Waals surface area contributed by atoms with Crippen LogP contribution in [0.4, 0.5) is 4.79 Å². The molecule has 0 saturated carbocycles. The van der Waals surface area contributed by atoms with E-state index in [4.69, 9.17) is 21.4 Å². The topological polar surface area (TPSA) is 53.0 Å². The number of carbonyl (C=O) groups is 1. The Hall–Kier alpha value is -1.30. The van der Waals surface area contributed by atoms with Gasteiger partial charge in [-0.15, -0.1) is 0 Å². The number of piperidine rings is 1. The normalized spacial score (nSPS) is 17.5. The fourth-order valence-corrected chi connectivity index (χ4v) is 3.04. The first kappa shape index (κ1) is 18.0. The summed E-state index contributed by atoms with van der Waals surface area (Å²) < 4.78 is 6.16. The van der Waals surface area contributed by atoms with E-state index < -0.39 is 6.09 Å². The number of hydrogen-bond donors (Lipinski definition) is 1. The molecule has 2 rings (SSSR count). The van der Waals surface area contributed by atoms with Crippen LogP contribution in [0, 0.1) is 5.92 Å². The van der Waals surface area contributed by atoms with Gasteiger partial charge in [0.1, 0.15) is 0 Å². The Kier molecular flexibility index (Phi) is 6.69. The first-order valence-corrected chi connectivity index (χ1v) is 8.35. The predicted octanol–water partition coefficient (Wildman–Crippen LogP) is 3.35. The van der Waals surface area contributed by atoms with E-state index in [0.29, 0.717) is 30.6 Å². The van der Waals surface area contributed by atoms with Crippen molar-refractivity contribution in [2.45, 2.75) is 18.9 Å². The van der Waals surface area contributed by atoms with Crippen molar-refractivity contribution in [1.29, 1.82) is 0 Å². The zero-order valence-corrected chi connectivity index (χ0v) is 14.5. The molecule has 1 aliphatic rings. The van der Waals surface area contributed by atoms with Gasteiger partial charge in [-0.05, 0) is 50.6 Å². The number of amides is 1. The zero-order valence-electron chi connectivity index (χ0n) is 13.7. The van der Waals surface area contributed by atoms with Crippen LogP contribution < -0.4 is 0 Å². The lowest BCUT2D eigenvalue weighted by Gasteiger charge is -2.35. The van der Waals surface area contributed by atoms with E-state index in [1.54, 1.807) is 0 Å². The molecule has 0 spiro atoms. The van der Waals surface area contributed by atoms with Crippen molar-refractivity contribution in [3.8, 4) is 0 Å². The summed E-state index contributed by atoms with van der Waals surface area (Å²) in [5.41, 5.74) is 1.11. The van der Waals surface area contributed by atoms with Gasteiger partial charge in [-0.3, -0.25) is 0 Å². The number of hydrogen-bond acceptors (Lipinski definition) is 3. The number of rotatable bonds is 6. The van der Waals surface area contributed by atoms with Crippen LogP contribution in [0.2, 0.25) is 5.02 Å². The summed E-state index contributed by atoms with van der Waals surface area (Å²) in [5.74, 6) is 0.328. The van der Waals surface area contributed by atoms with Gasteiger partial charge in [0.2, 0.25) is 0 Å². The smallest absolute Gasteiger partial charge is 0.407 e. The van der Waals surface area contributed by atoms with Gasteiger partial charge in [-0.2, -0.15) is 0 Å². The van der Waals surface area contributed by atoms with Gasteiger partial charge in [-0.1, -0.05) is 23.7 Å². The molecule has 1 fully saturated rings. The molecule has 5 nitrogen and oxygen atoms in total. The van der Waals surface area contributed by atoms with E-state index >= 15 is 0 Å². The molecule has 1 heterocycles. The van der Waals surface area contributed by atoms with Crippen LogP contribution in [0.5, 0.6) is 0 Å². The summed E-state index contributed by atoms with van der Waals surface area (Å²) in [4.78, 5) is 14.6. The number of benzene rings is 1. The SMILES string of the molecule is CN(C)CCOC(c1ccc(Cl)cc1)C1CCN(C(=O)O)CC1. The molecular formula is C17H25ClN2O3. The van der Waals surface area contributed by atoms with Crippen molar-refractivity contribution in [1.82, 2.24) is 9.80 Å². The number of likely N-dealkylation sites (N-methyl/N-ethyl adjacent to an activating group) is 1. The second kappa shape index (κ2) is 8.52. The van der Waals surface area contributed by atoms with Crippen LogP contribution in [-0.4, -0.2) is 61.3 Å². The zero-order chi connectivity index (χ0) is 16.8. The molecule has 128 valence electrons. The molecule has 1 saturated heterocycles. The predicted molar refractivity (Wildman–Crippen MR) is 91.0 cm³/mol. The van der Waals surface area contributed by atoms with Crippen LogP contribution in [0.1, 0.15) is 24.5 Å². The monoisotopic (exact) mass is 340 g/mol. The van der Waals surface area contributed by atoms with E-state index in [9.17, 15) is 4.79 Å². The quantitative estimate of drug-likeness (QED) is 0.862. The first-order chi connectivity index (χ1) is 11.0. The van der Waals surface area contributed by atoms with Crippen LogP contribution in [0.25, 0.3) is 0 Å². The fourth-order valence-electron chi connectivity index (χ4n) is 2.91. The minimum absolute atomic E-state index is 0.0110. The third kappa shape index (κ3) is 5.37. The third-order valence-corrected chi connectivity index (χ3v) is 4.52. The molecule has 1 unspecified atom stereocenters. The highest BCUT2D eigenvalue weighted by molar-refractivity contribution is 6.30. The number of nitrogens with zero attached hydrogens (tertiary/aromatic N) is 2. The molecule has 23 heavy (non-hydrogen) atoms. The Morgan fingerprint density at radius 3 is 2.48 bits per heavy atom. The maximum atomic E-state index is 11.1. The average Bonchev–Trinajstić information content (AvgIpc) is 2.52. The standard InChI is InChI=1S/C17H25ClN2O3/c1-19(2)11-12-23-16(13-3-5-15(18)6-4-13)14-7-9-20(10-8-14)17(21)22/h3-6,14,16H,7-12H2,1-2H3,(H,21,22). The van der Waals surface area contributed by atoms with Crippen molar-refractivity contribution in [3.63, 3.8) is 0 Å². The third-order valence-electron chi connectivity index (χ3n) is 4.27. The number of likely N-dealkylation sites (tertiary alicyclic amines) is 1. The summed E-state index contributed by atoms with van der Waals surface area (Å²) in [6.07, 6.45) is 0.798. The summed E-state index contributed by atoms with van der Waals surface area (Å²) in [6, 6.07) is 7.77. The van der Waals surface area contributed by atoms with E-state index in [2.05, 4.69) is 4.90 Å². The summed E-state index contributed by atoms with van der Waals surface area (Å²) in [6.45, 7) is 2.65. The first-order valence-electron chi connectivity index (χ1n) is 7.97. The second-order valence-electron chi connectivity index (χ2n) is 6.25. The maximum Gasteiger partial charge on any atom is 0.407 e. The lowest BCUT2D eigenvalue weighted by molar-refractivity contribution is -0.0145. The van der Waals surface area contributed by atoms with Crippen molar-refractivity contribution >= 4 is 17.7 Å². The number of halogens is 1. The van der Waals surface area contributed by atoms with Crippen molar-refractivity contribution in [2.75, 3.05) is 40.3 Å². The molecule has 0 radical (unpaired) electrons. The van der Waals surface area contributed by atoms with E-state index in [1.807, 2.05) is 38.4 Å². The lowest BCUT2D eigenvalue weighted by Crippen LogP contribution is -2.39. The largest absolute Gasteiger partial charge is 0.465 e. The second-order valence-corrected chi connectivity index (χ2v) is 6.69. The Morgan fingerprint density at radius 2 is 1.96 bits per heavy atom. The molecule has 0 bridgehead atoms. The van der Waals surface area contributed by atoms with E-state index in [1.165, 1.54) is 4.90 Å². The Labute approximate surface area is 142 Å². The Balaban J connectivity index is 2.04. The fraction of sp³-hybridized carbons (Fsp3) is 0.588. The Bertz CT molecular complexity index is 499. The highest BCUT2D eigenvalue weighted by atomic mass is 35.5. The lowest BCUT2D eigenvalue weighted by atomic mass is 9.87. The minimum atomic E-state index is -0.833. The summed E-state index contributed by atoms with van der Waals surface area (Å²) in [5, 5.41) is 9.80. The van der Waals surface area contributed by atoms with E-state index in [0.717, 1.165) is 24.9 Å². The highest BCUT2D eigenvalue weighted by Crippen LogP contribution is 2.34. The maximum absolute atomic E-state index is 11.1. The van der Waals surface area contributed by atoms with Crippen molar-refractivity contribution < 1.29 is 14.6 Å². The average molecular weight is 341 g/mol. The van der Waals surface area contributed by atoms with Gasteiger partial charge in [0.25, 0.3) is 0 Å².